The Bertz CT molecular complexity index is 1330. The van der Waals surface area contributed by atoms with Crippen molar-refractivity contribution >= 4 is 44.2 Å². The molecule has 3 aromatic rings. The molecule has 0 radical (unpaired) electrons. The molecule has 3 aromatic carbocycles. The van der Waals surface area contributed by atoms with Gasteiger partial charge in [-0.3, -0.25) is 9.59 Å². The molecule has 0 saturated carbocycles. The van der Waals surface area contributed by atoms with Gasteiger partial charge in [-0.05, 0) is 53.4 Å². The molecule has 0 aliphatic heterocycles. The second-order valence-electron chi connectivity index (χ2n) is 9.23. The molecule has 0 heterocycles. The third kappa shape index (κ3) is 6.84. The van der Waals surface area contributed by atoms with Crippen LogP contribution in [0.1, 0.15) is 26.3 Å². The molecule has 0 fully saturated rings. The number of hydrogen-bond donors (Lipinski definition) is 1. The van der Waals surface area contributed by atoms with Crippen molar-refractivity contribution in [1.82, 2.24) is 14.5 Å². The number of nitrogens with one attached hydrogen (secondary N) is 1. The number of amides is 2. The van der Waals surface area contributed by atoms with Crippen LogP contribution >= 0.6 is 11.6 Å². The van der Waals surface area contributed by atoms with E-state index >= 15 is 0 Å². The minimum Gasteiger partial charge on any atom is -0.354 e. The minimum atomic E-state index is -3.94. The Hall–Kier alpha value is -2.94. The van der Waals surface area contributed by atoms with Crippen LogP contribution in [0, 0.1) is 5.92 Å². The van der Waals surface area contributed by atoms with Crippen LogP contribution in [0.25, 0.3) is 10.8 Å². The molecule has 3 rings (SSSR count). The van der Waals surface area contributed by atoms with Crippen LogP contribution < -0.4 is 5.32 Å². The summed E-state index contributed by atoms with van der Waals surface area (Å²) in [6.45, 7) is 5.80. The zero-order valence-electron chi connectivity index (χ0n) is 20.9. The van der Waals surface area contributed by atoms with E-state index in [0.717, 1.165) is 20.6 Å². The normalized spacial score (nSPS) is 12.6. The standard InChI is InChI=1S/C27H32ClN3O4S/c1-19(2)16-29-27(33)20(3)31(17-21-9-12-24(28)13-10-21)26(32)18-30(4)36(34,35)25-14-11-22-7-5-6-8-23(22)15-25/h5-15,19-20H,16-18H2,1-4H3,(H,29,33)/t20-/m0/s1. The maximum Gasteiger partial charge on any atom is 0.243 e. The van der Waals surface area contributed by atoms with Crippen molar-refractivity contribution in [3.63, 3.8) is 0 Å². The van der Waals surface area contributed by atoms with Crippen LogP contribution in [0.2, 0.25) is 5.02 Å². The summed E-state index contributed by atoms with van der Waals surface area (Å²) in [5.74, 6) is -0.533. The molecule has 1 N–H and O–H groups in total. The van der Waals surface area contributed by atoms with E-state index in [1.54, 1.807) is 43.3 Å². The predicted octanol–water partition coefficient (Wildman–Crippen LogP) is 4.30. The molecular formula is C27H32ClN3O4S. The number of nitrogens with zero attached hydrogens (tertiary/aromatic N) is 2. The van der Waals surface area contributed by atoms with Crippen molar-refractivity contribution in [3.8, 4) is 0 Å². The highest BCUT2D eigenvalue weighted by atomic mass is 35.5. The first-order valence-corrected chi connectivity index (χ1v) is 13.6. The highest BCUT2D eigenvalue weighted by molar-refractivity contribution is 7.89. The average Bonchev–Trinajstić information content (AvgIpc) is 2.85. The topological polar surface area (TPSA) is 86.8 Å². The van der Waals surface area contributed by atoms with Gasteiger partial charge in [-0.15, -0.1) is 0 Å². The summed E-state index contributed by atoms with van der Waals surface area (Å²) < 4.78 is 27.6. The van der Waals surface area contributed by atoms with Gasteiger partial charge in [-0.25, -0.2) is 8.42 Å². The van der Waals surface area contributed by atoms with Crippen LogP contribution in [-0.4, -0.2) is 55.6 Å². The van der Waals surface area contributed by atoms with Crippen LogP contribution in [0.3, 0.4) is 0 Å². The van der Waals surface area contributed by atoms with Gasteiger partial charge in [0.05, 0.1) is 11.4 Å². The number of carbonyl (C=O) groups excluding carboxylic acids is 2. The molecule has 7 nitrogen and oxygen atoms in total. The fraction of sp³-hybridized carbons (Fsp3) is 0.333. The molecule has 0 saturated heterocycles. The maximum absolute atomic E-state index is 13.4. The van der Waals surface area contributed by atoms with Crippen molar-refractivity contribution in [2.45, 2.75) is 38.3 Å². The van der Waals surface area contributed by atoms with Gasteiger partial charge >= 0.3 is 0 Å². The molecule has 0 aliphatic carbocycles. The summed E-state index contributed by atoms with van der Waals surface area (Å²) in [6.07, 6.45) is 0. The first-order chi connectivity index (χ1) is 17.0. The summed E-state index contributed by atoms with van der Waals surface area (Å²) in [5, 5.41) is 5.12. The van der Waals surface area contributed by atoms with Gasteiger partial charge in [-0.2, -0.15) is 4.31 Å². The lowest BCUT2D eigenvalue weighted by Crippen LogP contribution is -2.51. The lowest BCUT2D eigenvalue weighted by Gasteiger charge is -2.30. The second-order valence-corrected chi connectivity index (χ2v) is 11.7. The van der Waals surface area contributed by atoms with Crippen molar-refractivity contribution in [3.05, 3.63) is 77.3 Å². The van der Waals surface area contributed by atoms with Gasteiger partial charge in [0.1, 0.15) is 6.04 Å². The maximum atomic E-state index is 13.4. The number of benzene rings is 3. The molecule has 2 amide bonds. The van der Waals surface area contributed by atoms with Crippen LogP contribution in [0.15, 0.2) is 71.6 Å². The second kappa shape index (κ2) is 11.9. The Balaban J connectivity index is 1.83. The van der Waals surface area contributed by atoms with E-state index in [1.165, 1.54) is 18.0 Å². The highest BCUT2D eigenvalue weighted by Gasteiger charge is 2.30. The summed E-state index contributed by atoms with van der Waals surface area (Å²) in [7, 11) is -2.57. The van der Waals surface area contributed by atoms with E-state index in [9.17, 15) is 18.0 Å². The van der Waals surface area contributed by atoms with Crippen molar-refractivity contribution in [2.24, 2.45) is 5.92 Å². The van der Waals surface area contributed by atoms with Gasteiger partial charge in [0, 0.05) is 25.2 Å². The van der Waals surface area contributed by atoms with Gasteiger partial charge < -0.3 is 10.2 Å². The molecule has 0 unspecified atom stereocenters. The Morgan fingerprint density at radius 1 is 0.944 bits per heavy atom. The van der Waals surface area contributed by atoms with Crippen molar-refractivity contribution in [1.29, 1.82) is 0 Å². The van der Waals surface area contributed by atoms with E-state index in [1.807, 2.05) is 38.1 Å². The number of fused-ring (bicyclic) bond motifs is 1. The number of rotatable bonds is 10. The largest absolute Gasteiger partial charge is 0.354 e. The number of hydrogen-bond acceptors (Lipinski definition) is 4. The summed E-state index contributed by atoms with van der Waals surface area (Å²) in [4.78, 5) is 27.7. The summed E-state index contributed by atoms with van der Waals surface area (Å²) in [6, 6.07) is 18.5. The zero-order chi connectivity index (χ0) is 26.5. The molecule has 0 spiro atoms. The van der Waals surface area contributed by atoms with E-state index in [4.69, 9.17) is 11.6 Å². The quantitative estimate of drug-likeness (QED) is 0.424. The molecule has 9 heteroatoms. The monoisotopic (exact) mass is 529 g/mol. The molecule has 0 aromatic heterocycles. The lowest BCUT2D eigenvalue weighted by atomic mass is 10.1. The number of halogens is 1. The Kier molecular flexibility index (Phi) is 9.11. The molecular weight excluding hydrogens is 498 g/mol. The van der Waals surface area contributed by atoms with Gasteiger partial charge in [-0.1, -0.05) is 67.9 Å². The van der Waals surface area contributed by atoms with E-state index < -0.39 is 28.5 Å². The molecule has 36 heavy (non-hydrogen) atoms. The van der Waals surface area contributed by atoms with E-state index in [2.05, 4.69) is 5.32 Å². The average molecular weight is 530 g/mol. The summed E-state index contributed by atoms with van der Waals surface area (Å²) in [5.41, 5.74) is 0.774. The molecule has 1 atom stereocenters. The third-order valence-electron chi connectivity index (χ3n) is 5.91. The predicted molar refractivity (Wildman–Crippen MR) is 143 cm³/mol. The van der Waals surface area contributed by atoms with Gasteiger partial charge in [0.15, 0.2) is 0 Å². The smallest absolute Gasteiger partial charge is 0.243 e. The van der Waals surface area contributed by atoms with Crippen LogP contribution in [0.5, 0.6) is 0 Å². The van der Waals surface area contributed by atoms with Gasteiger partial charge in [0.2, 0.25) is 21.8 Å². The fourth-order valence-electron chi connectivity index (χ4n) is 3.70. The number of sulfonamides is 1. The van der Waals surface area contributed by atoms with E-state index in [0.29, 0.717) is 11.6 Å². The molecule has 192 valence electrons. The van der Waals surface area contributed by atoms with Crippen LogP contribution in [-0.2, 0) is 26.2 Å². The Morgan fingerprint density at radius 2 is 1.58 bits per heavy atom. The van der Waals surface area contributed by atoms with Crippen molar-refractivity contribution < 1.29 is 18.0 Å². The highest BCUT2D eigenvalue weighted by Crippen LogP contribution is 2.22. The first kappa shape index (κ1) is 27.6. The Morgan fingerprint density at radius 3 is 2.22 bits per heavy atom. The zero-order valence-corrected chi connectivity index (χ0v) is 22.5. The number of likely N-dealkylation sites (N-methyl/N-ethyl adjacent to an activating group) is 1. The molecule has 0 bridgehead atoms. The lowest BCUT2D eigenvalue weighted by molar-refractivity contribution is -0.140. The fourth-order valence-corrected chi connectivity index (χ4v) is 4.98. The third-order valence-corrected chi connectivity index (χ3v) is 7.96. The van der Waals surface area contributed by atoms with Gasteiger partial charge in [0.25, 0.3) is 0 Å². The minimum absolute atomic E-state index is 0.100. The van der Waals surface area contributed by atoms with Crippen LogP contribution in [0.4, 0.5) is 0 Å². The first-order valence-electron chi connectivity index (χ1n) is 11.8. The van der Waals surface area contributed by atoms with E-state index in [-0.39, 0.29) is 23.3 Å². The Labute approximate surface area is 218 Å². The van der Waals surface area contributed by atoms with Crippen molar-refractivity contribution in [2.75, 3.05) is 20.1 Å². The number of carbonyl (C=O) groups is 2. The summed E-state index contributed by atoms with van der Waals surface area (Å²) >= 11 is 5.99. The molecule has 0 aliphatic rings. The SMILES string of the molecule is CC(C)CNC(=O)[C@H](C)N(Cc1ccc(Cl)cc1)C(=O)CN(C)S(=O)(=O)c1ccc2ccccc2c1.